The summed E-state index contributed by atoms with van der Waals surface area (Å²) in [7, 11) is 3.38. The molecule has 0 spiro atoms. The molecule has 2 aromatic heterocycles. The number of hydrogen-bond acceptors (Lipinski definition) is 7. The molecule has 0 bridgehead atoms. The van der Waals surface area contributed by atoms with E-state index in [0.717, 1.165) is 10.2 Å². The number of ether oxygens (including phenoxy) is 1. The molecule has 2 rings (SSSR count). The molecule has 0 aromatic carbocycles. The maximum Gasteiger partial charge on any atom is 0.225 e. The van der Waals surface area contributed by atoms with Gasteiger partial charge in [-0.05, 0) is 11.4 Å². The van der Waals surface area contributed by atoms with Crippen LogP contribution in [0.1, 0.15) is 0 Å². The van der Waals surface area contributed by atoms with Gasteiger partial charge in [-0.3, -0.25) is 0 Å². The Morgan fingerprint density at radius 2 is 2.33 bits per heavy atom. The second-order valence-electron chi connectivity index (χ2n) is 3.76. The number of nitrogens with zero attached hydrogens (tertiary/aromatic N) is 2. The van der Waals surface area contributed by atoms with Gasteiger partial charge >= 0.3 is 0 Å². The highest BCUT2D eigenvalue weighted by atomic mass is 32.1. The molecule has 0 aliphatic rings. The predicted molar refractivity (Wildman–Crippen MR) is 73.3 cm³/mol. The summed E-state index contributed by atoms with van der Waals surface area (Å²) in [5.41, 5.74) is 0. The molecular formula is C11H16N4O2S. The number of methoxy groups -OCH3 is 1. The van der Waals surface area contributed by atoms with E-state index in [4.69, 9.17) is 4.74 Å². The second kappa shape index (κ2) is 5.94. The highest BCUT2D eigenvalue weighted by molar-refractivity contribution is 7.16. The highest BCUT2D eigenvalue weighted by Crippen LogP contribution is 2.26. The van der Waals surface area contributed by atoms with Crippen molar-refractivity contribution in [3.8, 4) is 0 Å². The Kier molecular flexibility index (Phi) is 4.29. The molecule has 6 nitrogen and oxygen atoms in total. The Balaban J connectivity index is 2.32. The van der Waals surface area contributed by atoms with E-state index in [1.165, 1.54) is 0 Å². The smallest absolute Gasteiger partial charge is 0.225 e. The van der Waals surface area contributed by atoms with Crippen LogP contribution in [-0.4, -0.2) is 48.5 Å². The molecule has 0 saturated heterocycles. The summed E-state index contributed by atoms with van der Waals surface area (Å²) in [4.78, 5) is 9.63. The van der Waals surface area contributed by atoms with Crippen LogP contribution in [0.5, 0.6) is 0 Å². The average Bonchev–Trinajstić information content (AvgIpc) is 2.86. The van der Waals surface area contributed by atoms with Crippen molar-refractivity contribution in [1.29, 1.82) is 0 Å². The van der Waals surface area contributed by atoms with Gasteiger partial charge in [-0.2, -0.15) is 4.98 Å². The minimum absolute atomic E-state index is 0.0155. The number of hydrogen-bond donors (Lipinski definition) is 3. The van der Waals surface area contributed by atoms with Crippen molar-refractivity contribution in [2.45, 2.75) is 6.04 Å². The Morgan fingerprint density at radius 3 is 3.00 bits per heavy atom. The molecule has 18 heavy (non-hydrogen) atoms. The zero-order valence-corrected chi connectivity index (χ0v) is 11.1. The topological polar surface area (TPSA) is 79.3 Å². The number of aromatic nitrogens is 2. The molecule has 0 aliphatic carbocycles. The van der Waals surface area contributed by atoms with E-state index < -0.39 is 0 Å². The second-order valence-corrected chi connectivity index (χ2v) is 4.66. The van der Waals surface area contributed by atoms with Crippen molar-refractivity contribution in [2.24, 2.45) is 0 Å². The van der Waals surface area contributed by atoms with E-state index in [-0.39, 0.29) is 12.6 Å². The summed E-state index contributed by atoms with van der Waals surface area (Å²) in [6.07, 6.45) is 0. The fourth-order valence-electron chi connectivity index (χ4n) is 1.61. The van der Waals surface area contributed by atoms with Gasteiger partial charge in [-0.25, -0.2) is 4.98 Å². The molecular weight excluding hydrogens is 252 g/mol. The van der Waals surface area contributed by atoms with Crippen LogP contribution in [0, 0.1) is 0 Å². The summed E-state index contributed by atoms with van der Waals surface area (Å²) < 4.78 is 5.04. The van der Waals surface area contributed by atoms with Crippen LogP contribution in [0.2, 0.25) is 0 Å². The van der Waals surface area contributed by atoms with Gasteiger partial charge in [-0.1, -0.05) is 0 Å². The summed E-state index contributed by atoms with van der Waals surface area (Å²) in [5.74, 6) is 1.27. The van der Waals surface area contributed by atoms with Crippen molar-refractivity contribution >= 4 is 33.3 Å². The molecule has 3 N–H and O–H groups in total. The number of aliphatic hydroxyl groups is 1. The fourth-order valence-corrected chi connectivity index (χ4v) is 2.38. The number of fused-ring (bicyclic) bond motifs is 1. The maximum absolute atomic E-state index is 9.27. The van der Waals surface area contributed by atoms with E-state index in [0.29, 0.717) is 18.4 Å². The van der Waals surface area contributed by atoms with Crippen LogP contribution in [0.25, 0.3) is 10.2 Å². The minimum atomic E-state index is -0.183. The first-order valence-corrected chi connectivity index (χ1v) is 6.45. The Labute approximate surface area is 109 Å². The Bertz CT molecular complexity index is 517. The van der Waals surface area contributed by atoms with Gasteiger partial charge in [0.25, 0.3) is 0 Å². The van der Waals surface area contributed by atoms with Crippen LogP contribution in [-0.2, 0) is 4.74 Å². The third-order valence-electron chi connectivity index (χ3n) is 2.48. The summed E-state index contributed by atoms with van der Waals surface area (Å²) >= 11 is 1.55. The van der Waals surface area contributed by atoms with Gasteiger partial charge in [0.15, 0.2) is 0 Å². The fraction of sp³-hybridized carbons (Fsp3) is 0.455. The number of aliphatic hydroxyl groups excluding tert-OH is 1. The molecule has 0 fully saturated rings. The van der Waals surface area contributed by atoms with Gasteiger partial charge in [-0.15, -0.1) is 11.3 Å². The minimum Gasteiger partial charge on any atom is -0.394 e. The summed E-state index contributed by atoms with van der Waals surface area (Å²) in [6.45, 7) is 0.402. The lowest BCUT2D eigenvalue weighted by molar-refractivity contribution is 0.153. The molecule has 0 saturated carbocycles. The average molecular weight is 268 g/mol. The largest absolute Gasteiger partial charge is 0.394 e. The first-order valence-electron chi connectivity index (χ1n) is 5.57. The van der Waals surface area contributed by atoms with Crippen molar-refractivity contribution in [3.63, 3.8) is 0 Å². The van der Waals surface area contributed by atoms with Crippen LogP contribution in [0.3, 0.4) is 0 Å². The maximum atomic E-state index is 9.27. The van der Waals surface area contributed by atoms with Crippen LogP contribution < -0.4 is 10.6 Å². The van der Waals surface area contributed by atoms with Gasteiger partial charge in [0.2, 0.25) is 5.95 Å². The van der Waals surface area contributed by atoms with Crippen molar-refractivity contribution in [2.75, 3.05) is 38.0 Å². The molecule has 0 radical (unpaired) electrons. The lowest BCUT2D eigenvalue weighted by atomic mass is 10.3. The monoisotopic (exact) mass is 268 g/mol. The van der Waals surface area contributed by atoms with Gasteiger partial charge in [0.1, 0.15) is 10.6 Å². The molecule has 0 aliphatic heterocycles. The van der Waals surface area contributed by atoms with Gasteiger partial charge in [0.05, 0.1) is 24.6 Å². The highest BCUT2D eigenvalue weighted by Gasteiger charge is 2.12. The van der Waals surface area contributed by atoms with E-state index in [1.807, 2.05) is 11.4 Å². The standard InChI is InChI=1S/C11H16N4O2S/c1-12-11-14-9(13-7(5-16)6-17-2)8-3-4-18-10(8)15-11/h3-4,7,16H,5-6H2,1-2H3,(H2,12,13,14,15). The molecule has 1 atom stereocenters. The SMILES string of the molecule is CNc1nc(NC(CO)COC)c2ccsc2n1. The van der Waals surface area contributed by atoms with Gasteiger partial charge < -0.3 is 20.5 Å². The molecule has 98 valence electrons. The van der Waals surface area contributed by atoms with Gasteiger partial charge in [0, 0.05) is 14.2 Å². The lowest BCUT2D eigenvalue weighted by Crippen LogP contribution is -2.29. The zero-order chi connectivity index (χ0) is 13.0. The Hall–Kier alpha value is -1.44. The third-order valence-corrected chi connectivity index (χ3v) is 3.28. The van der Waals surface area contributed by atoms with E-state index in [1.54, 1.807) is 25.5 Å². The van der Waals surface area contributed by atoms with Crippen molar-refractivity contribution < 1.29 is 9.84 Å². The normalized spacial score (nSPS) is 12.6. The lowest BCUT2D eigenvalue weighted by Gasteiger charge is -2.16. The van der Waals surface area contributed by atoms with Crippen LogP contribution in [0.4, 0.5) is 11.8 Å². The van der Waals surface area contributed by atoms with Crippen LogP contribution >= 0.6 is 11.3 Å². The number of anilines is 2. The number of thiophene rings is 1. The zero-order valence-electron chi connectivity index (χ0n) is 10.3. The molecule has 2 aromatic rings. The number of rotatable bonds is 6. The molecule has 1 unspecified atom stereocenters. The van der Waals surface area contributed by atoms with E-state index in [9.17, 15) is 5.11 Å². The quantitative estimate of drug-likeness (QED) is 0.729. The molecule has 0 amide bonds. The molecule has 2 heterocycles. The van der Waals surface area contributed by atoms with E-state index in [2.05, 4.69) is 20.6 Å². The predicted octanol–water partition coefficient (Wildman–Crippen LogP) is 1.15. The van der Waals surface area contributed by atoms with Crippen molar-refractivity contribution in [3.05, 3.63) is 11.4 Å². The third kappa shape index (κ3) is 2.69. The summed E-state index contributed by atoms with van der Waals surface area (Å²) in [5, 5.41) is 18.3. The van der Waals surface area contributed by atoms with Crippen LogP contribution in [0.15, 0.2) is 11.4 Å². The first kappa shape index (κ1) is 13.0. The summed E-state index contributed by atoms with van der Waals surface area (Å²) in [6, 6.07) is 1.78. The first-order chi connectivity index (χ1) is 8.78. The molecule has 7 heteroatoms. The van der Waals surface area contributed by atoms with E-state index >= 15 is 0 Å². The van der Waals surface area contributed by atoms with Crippen molar-refractivity contribution in [1.82, 2.24) is 9.97 Å². The Morgan fingerprint density at radius 1 is 1.50 bits per heavy atom. The number of nitrogens with one attached hydrogen (secondary N) is 2.